The van der Waals surface area contributed by atoms with Crippen molar-refractivity contribution in [3.8, 4) is 11.4 Å². The molecule has 5 aromatic rings. The Hall–Kier alpha value is -3.52. The number of methoxy groups -OCH3 is 2. The number of nitrogens with zero attached hydrogens (tertiary/aromatic N) is 4. The first-order valence-electron chi connectivity index (χ1n) is 17.5. The quantitative estimate of drug-likeness (QED) is 0.0682. The van der Waals surface area contributed by atoms with Crippen molar-refractivity contribution in [2.24, 2.45) is 25.4 Å². The highest BCUT2D eigenvalue weighted by Gasteiger charge is 2.35. The first-order valence-corrected chi connectivity index (χ1v) is 20.2. The monoisotopic (exact) mass is 842 g/mol. The molecule has 2 aromatic heterocycles. The van der Waals surface area contributed by atoms with Crippen molar-refractivity contribution in [1.29, 1.82) is 0 Å². The van der Waals surface area contributed by atoms with Gasteiger partial charge >= 0.3 is 5.97 Å². The van der Waals surface area contributed by atoms with Crippen LogP contribution in [0.15, 0.2) is 81.0 Å². The maximum Gasteiger partial charge on any atom is 0.311 e. The fourth-order valence-electron chi connectivity index (χ4n) is 6.77. The summed E-state index contributed by atoms with van der Waals surface area (Å²) in [6.07, 6.45) is 4.58. The number of carbonyl (C=O) groups is 1. The maximum absolute atomic E-state index is 15.7. The normalized spacial score (nSPS) is 13.6. The summed E-state index contributed by atoms with van der Waals surface area (Å²) in [7, 11) is 6.30. The zero-order valence-electron chi connectivity index (χ0n) is 31.6. The molecule has 0 bridgehead atoms. The van der Waals surface area contributed by atoms with E-state index in [4.69, 9.17) is 19.6 Å². The molecule has 0 aliphatic carbocycles. The number of ether oxygens (including phenoxy) is 2. The zero-order chi connectivity index (χ0) is 39.4. The largest absolute Gasteiger partial charge is 0.469 e. The first-order chi connectivity index (χ1) is 25.6. The van der Waals surface area contributed by atoms with Crippen LogP contribution < -0.4 is 0 Å². The van der Waals surface area contributed by atoms with E-state index in [0.717, 1.165) is 41.5 Å². The van der Waals surface area contributed by atoms with Crippen molar-refractivity contribution in [2.45, 2.75) is 61.7 Å². The van der Waals surface area contributed by atoms with E-state index >= 15 is 13.2 Å². The molecule has 5 rings (SSSR count). The second-order valence-corrected chi connectivity index (χ2v) is 17.3. The lowest BCUT2D eigenvalue weighted by Crippen LogP contribution is -2.27. The molecule has 0 aliphatic rings. The number of hydrogen-bond acceptors (Lipinski definition) is 7. The first kappa shape index (κ1) is 41.6. The van der Waals surface area contributed by atoms with Gasteiger partial charge in [-0.15, -0.1) is 11.8 Å². The highest BCUT2D eigenvalue weighted by Crippen LogP contribution is 2.44. The summed E-state index contributed by atoms with van der Waals surface area (Å²) in [5.74, 6) is -1.54. The smallest absolute Gasteiger partial charge is 0.311 e. The summed E-state index contributed by atoms with van der Waals surface area (Å²) in [6, 6.07) is 14.2. The average molecular weight is 844 g/mol. The maximum atomic E-state index is 15.7. The molecule has 0 N–H and O–H groups in total. The van der Waals surface area contributed by atoms with Crippen molar-refractivity contribution in [2.75, 3.05) is 26.6 Å². The molecule has 0 spiro atoms. The minimum atomic E-state index is -0.989. The van der Waals surface area contributed by atoms with E-state index in [1.807, 2.05) is 23.6 Å². The van der Waals surface area contributed by atoms with Crippen molar-refractivity contribution < 1.29 is 27.4 Å². The number of aromatic nitrogens is 4. The third-order valence-electron chi connectivity index (χ3n) is 9.83. The number of esters is 1. The molecule has 54 heavy (non-hydrogen) atoms. The molecular formula is C41H46BrF3N4O3S2. The molecule has 3 aromatic carbocycles. The number of fused-ring (bicyclic) bond motifs is 1. The van der Waals surface area contributed by atoms with Crippen LogP contribution in [0.25, 0.3) is 22.3 Å². The predicted molar refractivity (Wildman–Crippen MR) is 215 cm³/mol. The minimum Gasteiger partial charge on any atom is -0.469 e. The van der Waals surface area contributed by atoms with Gasteiger partial charge in [-0.1, -0.05) is 62.9 Å². The lowest BCUT2D eigenvalue weighted by molar-refractivity contribution is -0.147. The Morgan fingerprint density at radius 1 is 1.06 bits per heavy atom. The molecule has 288 valence electrons. The third kappa shape index (κ3) is 8.95. The number of aryl methyl sites for hydroxylation is 2. The summed E-state index contributed by atoms with van der Waals surface area (Å²) < 4.78 is 60.2. The van der Waals surface area contributed by atoms with E-state index in [0.29, 0.717) is 39.2 Å². The van der Waals surface area contributed by atoms with Gasteiger partial charge in [0.25, 0.3) is 0 Å². The Balaban J connectivity index is 1.54. The second-order valence-electron chi connectivity index (χ2n) is 14.5. The van der Waals surface area contributed by atoms with Crippen LogP contribution in [0.5, 0.6) is 0 Å². The zero-order valence-corrected chi connectivity index (χ0v) is 34.9. The van der Waals surface area contributed by atoms with Crippen molar-refractivity contribution >= 4 is 56.3 Å². The fourth-order valence-corrected chi connectivity index (χ4v) is 9.15. The molecule has 2 heterocycles. The van der Waals surface area contributed by atoms with E-state index < -0.39 is 28.8 Å². The number of carbonyl (C=O) groups excluding carboxylic acids is 1. The molecule has 0 amide bonds. The van der Waals surface area contributed by atoms with E-state index in [1.165, 1.54) is 23.8 Å². The van der Waals surface area contributed by atoms with Gasteiger partial charge in [0.1, 0.15) is 5.82 Å². The molecular weight excluding hydrogens is 798 g/mol. The molecule has 0 fully saturated rings. The molecule has 0 aliphatic heterocycles. The van der Waals surface area contributed by atoms with Gasteiger partial charge in [0, 0.05) is 47.9 Å². The van der Waals surface area contributed by atoms with E-state index in [1.54, 1.807) is 56.0 Å². The second kappa shape index (κ2) is 17.5. The molecule has 2 unspecified atom stereocenters. The number of rotatable bonds is 17. The lowest BCUT2D eigenvalue weighted by atomic mass is 9.75. The summed E-state index contributed by atoms with van der Waals surface area (Å²) in [5, 5.41) is 7.29. The number of benzene rings is 3. The molecule has 0 saturated carbocycles. The lowest BCUT2D eigenvalue weighted by Gasteiger charge is -2.30. The molecule has 0 radical (unpaired) electrons. The van der Waals surface area contributed by atoms with Gasteiger partial charge in [-0.25, -0.2) is 22.8 Å². The molecule has 13 heteroatoms. The van der Waals surface area contributed by atoms with Crippen LogP contribution in [0.3, 0.4) is 0 Å². The van der Waals surface area contributed by atoms with Crippen LogP contribution in [-0.2, 0) is 40.2 Å². The van der Waals surface area contributed by atoms with Gasteiger partial charge in [-0.05, 0) is 88.3 Å². The Bertz CT molecular complexity index is 2150. The molecule has 7 nitrogen and oxygen atoms in total. The predicted octanol–water partition coefficient (Wildman–Crippen LogP) is 10.7. The summed E-state index contributed by atoms with van der Waals surface area (Å²) in [5.41, 5.74) is 1.58. The van der Waals surface area contributed by atoms with Gasteiger partial charge in [0.05, 0.1) is 41.0 Å². The van der Waals surface area contributed by atoms with Gasteiger partial charge in [0.15, 0.2) is 23.3 Å². The van der Waals surface area contributed by atoms with Crippen molar-refractivity contribution in [3.05, 3.63) is 106 Å². The SMILES string of the molecule is C=CSCC(C)(C)CCCC(C)(c1cccc(CC(COC)C(=O)OC)c1)c1nc(-c2cc(Sc3c(F)c(F)c4c(ccn4C)c3Br)ccc2F)n(C)n1. The topological polar surface area (TPSA) is 71.2 Å². The fraction of sp³-hybridized carbons (Fsp3) is 0.390. The van der Waals surface area contributed by atoms with Crippen LogP contribution in [0.1, 0.15) is 57.0 Å². The Morgan fingerprint density at radius 3 is 2.52 bits per heavy atom. The minimum absolute atomic E-state index is 0.0574. The summed E-state index contributed by atoms with van der Waals surface area (Å²) in [4.78, 5) is 18.1. The highest BCUT2D eigenvalue weighted by atomic mass is 79.9. The standard InChI is InChI=1S/C41H46BrF3N4O3S2/c1-9-53-24-40(2,3)17-11-18-41(4,27-13-10-12-25(21-27)20-26(23-51-7)38(50)52-8)39-46-37(49(6)47-39)30-22-28(14-15-31(30)43)54-36-32(42)29-16-19-48(5)35(29)33(44)34(36)45/h9-10,12-16,19,21-22,26H,1,11,17-18,20,23-24H2,2-8H3. The van der Waals surface area contributed by atoms with E-state index in [-0.39, 0.29) is 34.0 Å². The Kier molecular flexibility index (Phi) is 13.5. The van der Waals surface area contributed by atoms with Crippen LogP contribution in [0, 0.1) is 28.8 Å². The number of hydrogen-bond donors (Lipinski definition) is 0. The van der Waals surface area contributed by atoms with Crippen LogP contribution in [-0.4, -0.2) is 51.9 Å². The Morgan fingerprint density at radius 2 is 1.81 bits per heavy atom. The highest BCUT2D eigenvalue weighted by molar-refractivity contribution is 9.10. The van der Waals surface area contributed by atoms with Crippen molar-refractivity contribution in [3.63, 3.8) is 0 Å². The molecule has 2 atom stereocenters. The Labute approximate surface area is 332 Å². The molecule has 0 saturated heterocycles. The van der Waals surface area contributed by atoms with E-state index in [2.05, 4.69) is 49.3 Å². The average Bonchev–Trinajstić information content (AvgIpc) is 3.74. The van der Waals surface area contributed by atoms with Gasteiger partial charge in [-0.3, -0.25) is 4.79 Å². The number of halogens is 4. The summed E-state index contributed by atoms with van der Waals surface area (Å²) >= 11 is 6.18. The van der Waals surface area contributed by atoms with Crippen LogP contribution >= 0.6 is 39.5 Å². The van der Waals surface area contributed by atoms with Crippen LogP contribution in [0.2, 0.25) is 0 Å². The van der Waals surface area contributed by atoms with Gasteiger partial charge in [-0.2, -0.15) is 5.10 Å². The van der Waals surface area contributed by atoms with Gasteiger partial charge in [0.2, 0.25) is 0 Å². The third-order valence-corrected chi connectivity index (χ3v) is 13.2. The van der Waals surface area contributed by atoms with E-state index in [9.17, 15) is 4.79 Å². The number of thioether (sulfide) groups is 1. The van der Waals surface area contributed by atoms with Crippen LogP contribution in [0.4, 0.5) is 13.2 Å². The van der Waals surface area contributed by atoms with Crippen molar-refractivity contribution in [1.82, 2.24) is 19.3 Å². The summed E-state index contributed by atoms with van der Waals surface area (Å²) in [6.45, 7) is 10.7. The van der Waals surface area contributed by atoms with Gasteiger partial charge < -0.3 is 14.0 Å².